The molecule has 0 aliphatic carbocycles. The van der Waals surface area contributed by atoms with Crippen molar-refractivity contribution < 1.29 is 28.9 Å². The van der Waals surface area contributed by atoms with E-state index in [1.807, 2.05) is 0 Å². The molecule has 60 heavy (non-hydrogen) atoms. The molecule has 6 rings (SSSR count). The van der Waals surface area contributed by atoms with Gasteiger partial charge in [-0.25, -0.2) is 9.97 Å². The fourth-order valence-electron chi connectivity index (χ4n) is 5.98. The molecule has 0 spiro atoms. The number of pyridine rings is 2. The van der Waals surface area contributed by atoms with Gasteiger partial charge in [0.2, 0.25) is 11.8 Å². The second-order valence-electron chi connectivity index (χ2n) is 14.0. The molecule has 324 valence electrons. The Bertz CT molecular complexity index is 2030. The van der Waals surface area contributed by atoms with Crippen LogP contribution in [0, 0.1) is 32.1 Å². The lowest BCUT2D eigenvalue weighted by Gasteiger charge is -2.29. The lowest BCUT2D eigenvalue weighted by atomic mass is 9.99. The van der Waals surface area contributed by atoms with Crippen LogP contribution in [0.25, 0.3) is 0 Å². The van der Waals surface area contributed by atoms with E-state index in [4.69, 9.17) is 21.1 Å². The number of hydrogen-bond acceptors (Lipinski definition) is 14. The van der Waals surface area contributed by atoms with Crippen molar-refractivity contribution in [3.63, 3.8) is 0 Å². The van der Waals surface area contributed by atoms with Crippen LogP contribution in [-0.4, -0.2) is 89.2 Å². The van der Waals surface area contributed by atoms with Crippen molar-refractivity contribution in [2.75, 3.05) is 74.0 Å². The minimum atomic E-state index is -0.503. The van der Waals surface area contributed by atoms with E-state index >= 15 is 0 Å². The number of rotatable bonds is 13. The van der Waals surface area contributed by atoms with E-state index in [9.17, 15) is 29.8 Å². The molecule has 0 bridgehead atoms. The molecule has 0 radical (unpaired) electrons. The van der Waals surface area contributed by atoms with Gasteiger partial charge in [0.1, 0.15) is 51.9 Å². The van der Waals surface area contributed by atoms with Gasteiger partial charge in [0, 0.05) is 38.6 Å². The lowest BCUT2D eigenvalue weighted by Crippen LogP contribution is -2.38. The number of likely N-dealkylation sites (tertiary alicyclic amines) is 1. The third kappa shape index (κ3) is 15.9. The van der Waals surface area contributed by atoms with Crippen molar-refractivity contribution in [3.8, 4) is 23.0 Å². The summed E-state index contributed by atoms with van der Waals surface area (Å²) in [6.45, 7) is 9.20. The third-order valence-electron chi connectivity index (χ3n) is 9.33. The van der Waals surface area contributed by atoms with Crippen LogP contribution in [-0.2, 0) is 9.59 Å². The summed E-state index contributed by atoms with van der Waals surface area (Å²) in [6.07, 6.45) is 7.92. The summed E-state index contributed by atoms with van der Waals surface area (Å²) >= 11 is 5.41. The molecule has 2 aliphatic heterocycles. The summed E-state index contributed by atoms with van der Waals surface area (Å²) in [5.41, 5.74) is 0.599. The first-order valence-electron chi connectivity index (χ1n) is 19.2. The minimum absolute atomic E-state index is 0. The molecule has 2 amide bonds. The van der Waals surface area contributed by atoms with Crippen molar-refractivity contribution in [1.82, 2.24) is 20.2 Å². The maximum absolute atomic E-state index is 12.3. The van der Waals surface area contributed by atoms with Gasteiger partial charge in [-0.1, -0.05) is 21.3 Å². The first-order chi connectivity index (χ1) is 28.4. The standard InChI is InChI=1S/C20H25N5O4.C14H13ClN4O4.C6H13N.CH4/c1-14-6-9-24(10-7-14)13-20(26)23-19-12-16(5-8-22-19)29-15-3-4-17(21-2)18(11-15)25(27)28;1-16-11-3-2-9(6-12(11)19(21)22)23-10-4-5-17-13(7-10)18-14(20)8-15;1-6-2-4-7-5-3-6;/h3-5,8,11-12,14,21H,6-7,9-10,13H2,1-2H3,(H,22,23,26);2-7,16H,8H2,1H3,(H,17,18,20);6-7H,2-5H2,1H3;1H4. The summed E-state index contributed by atoms with van der Waals surface area (Å²) in [5.74, 6) is 3.02. The quantitative estimate of drug-likeness (QED) is 0.0486. The zero-order valence-corrected chi connectivity index (χ0v) is 34.3. The second kappa shape index (κ2) is 24.7. The number of nitrogens with zero attached hydrogens (tertiary/aromatic N) is 5. The van der Waals surface area contributed by atoms with Gasteiger partial charge in [-0.3, -0.25) is 34.7 Å². The fourth-order valence-corrected chi connectivity index (χ4v) is 6.05. The number of nitro groups is 2. The van der Waals surface area contributed by atoms with E-state index < -0.39 is 15.8 Å². The number of halogens is 1. The van der Waals surface area contributed by atoms with Crippen LogP contribution < -0.4 is 36.1 Å². The van der Waals surface area contributed by atoms with Crippen LogP contribution in [0.1, 0.15) is 47.0 Å². The number of carbonyl (C=O) groups is 2. The predicted molar refractivity (Wildman–Crippen MR) is 235 cm³/mol. The van der Waals surface area contributed by atoms with Crippen LogP contribution in [0.5, 0.6) is 23.0 Å². The van der Waals surface area contributed by atoms with Crippen molar-refractivity contribution in [3.05, 3.63) is 93.3 Å². The summed E-state index contributed by atoms with van der Waals surface area (Å²) in [7, 11) is 3.21. The van der Waals surface area contributed by atoms with Gasteiger partial charge in [0.25, 0.3) is 11.4 Å². The van der Waals surface area contributed by atoms with Crippen LogP contribution >= 0.6 is 11.6 Å². The molecule has 0 atom stereocenters. The van der Waals surface area contributed by atoms with Crippen LogP contribution in [0.2, 0.25) is 0 Å². The van der Waals surface area contributed by atoms with Crippen LogP contribution in [0.4, 0.5) is 34.4 Å². The van der Waals surface area contributed by atoms with Gasteiger partial charge in [0.05, 0.1) is 28.5 Å². The molecule has 2 aliphatic rings. The van der Waals surface area contributed by atoms with E-state index in [1.54, 1.807) is 56.6 Å². The Balaban J connectivity index is 0.000000276. The van der Waals surface area contributed by atoms with Crippen molar-refractivity contribution in [2.45, 2.75) is 47.0 Å². The Kier molecular flexibility index (Phi) is 19.9. The largest absolute Gasteiger partial charge is 0.457 e. The van der Waals surface area contributed by atoms with E-state index in [2.05, 4.69) is 55.3 Å². The number of piperidine rings is 2. The molecule has 4 aromatic rings. The van der Waals surface area contributed by atoms with Crippen LogP contribution in [0.3, 0.4) is 0 Å². The molecular formula is C41H55ClN10O8. The number of anilines is 4. The Hall–Kier alpha value is -6.11. The van der Waals surface area contributed by atoms with Gasteiger partial charge in [0.15, 0.2) is 0 Å². The summed E-state index contributed by atoms with van der Waals surface area (Å²) in [6, 6.07) is 15.3. The third-order valence-corrected chi connectivity index (χ3v) is 9.58. The Labute approximate surface area is 355 Å². The summed E-state index contributed by atoms with van der Waals surface area (Å²) in [5, 5.41) is 36.3. The maximum atomic E-state index is 12.3. The highest BCUT2D eigenvalue weighted by Gasteiger charge is 2.19. The molecule has 4 heterocycles. The van der Waals surface area contributed by atoms with E-state index in [0.29, 0.717) is 46.9 Å². The minimum Gasteiger partial charge on any atom is -0.457 e. The monoisotopic (exact) mass is 850 g/mol. The normalized spacial score (nSPS) is 14.0. The molecule has 2 saturated heterocycles. The van der Waals surface area contributed by atoms with Crippen molar-refractivity contribution in [2.24, 2.45) is 11.8 Å². The van der Waals surface area contributed by atoms with Gasteiger partial charge < -0.3 is 36.1 Å². The first-order valence-corrected chi connectivity index (χ1v) is 19.7. The number of ether oxygens (including phenoxy) is 2. The van der Waals surface area contributed by atoms with Gasteiger partial charge >= 0.3 is 0 Å². The highest BCUT2D eigenvalue weighted by atomic mass is 35.5. The zero-order valence-electron chi connectivity index (χ0n) is 33.5. The number of alkyl halides is 1. The molecule has 0 unspecified atom stereocenters. The van der Waals surface area contributed by atoms with E-state index in [0.717, 1.165) is 31.8 Å². The van der Waals surface area contributed by atoms with E-state index in [1.165, 1.54) is 56.5 Å². The van der Waals surface area contributed by atoms with Crippen LogP contribution in [0.15, 0.2) is 73.1 Å². The second-order valence-corrected chi connectivity index (χ2v) is 14.2. The molecule has 2 fully saturated rings. The summed E-state index contributed by atoms with van der Waals surface area (Å²) in [4.78, 5) is 55.0. The smallest absolute Gasteiger partial charge is 0.296 e. The Morgan fingerprint density at radius 1 is 0.733 bits per heavy atom. The topological polar surface area (TPSA) is 228 Å². The number of hydrogen-bond donors (Lipinski definition) is 5. The Morgan fingerprint density at radius 2 is 1.17 bits per heavy atom. The molecule has 2 aromatic heterocycles. The number of aromatic nitrogens is 2. The fraction of sp³-hybridized carbons (Fsp3) is 0.415. The molecule has 5 N–H and O–H groups in total. The van der Waals surface area contributed by atoms with Crippen molar-refractivity contribution >= 4 is 57.8 Å². The highest BCUT2D eigenvalue weighted by molar-refractivity contribution is 6.29. The van der Waals surface area contributed by atoms with Gasteiger partial charge in [-0.05, 0) is 100 Å². The van der Waals surface area contributed by atoms with Crippen molar-refractivity contribution in [1.29, 1.82) is 0 Å². The number of nitrogens with one attached hydrogen (secondary N) is 5. The molecule has 0 saturated carbocycles. The SMILES string of the molecule is C.CC1CCNCC1.CNc1ccc(Oc2ccnc(NC(=O)CCl)c2)cc1[N+](=O)[O-].CNc1ccc(Oc2ccnc(NC(=O)CN3CCC(C)CC3)c2)cc1[N+](=O)[O-]. The molecule has 2 aromatic carbocycles. The van der Waals surface area contributed by atoms with Gasteiger partial charge in [-0.2, -0.15) is 0 Å². The number of carbonyl (C=O) groups excluding carboxylic acids is 2. The molecular weight excluding hydrogens is 796 g/mol. The average molecular weight is 851 g/mol. The predicted octanol–water partition coefficient (Wildman–Crippen LogP) is 8.14. The highest BCUT2D eigenvalue weighted by Crippen LogP contribution is 2.33. The van der Waals surface area contributed by atoms with Gasteiger partial charge in [-0.15, -0.1) is 11.6 Å². The lowest BCUT2D eigenvalue weighted by molar-refractivity contribution is -0.384. The number of nitro benzene ring substituents is 2. The summed E-state index contributed by atoms with van der Waals surface area (Å²) < 4.78 is 11.3. The Morgan fingerprint density at radius 3 is 1.57 bits per heavy atom. The van der Waals surface area contributed by atoms with E-state index in [-0.39, 0.29) is 42.2 Å². The number of amides is 2. The molecule has 19 heteroatoms. The first kappa shape index (κ1) is 48.3. The maximum Gasteiger partial charge on any atom is 0.296 e. The molecule has 18 nitrogen and oxygen atoms in total. The zero-order chi connectivity index (χ0) is 42.7. The number of benzene rings is 2. The average Bonchev–Trinajstić information content (AvgIpc) is 3.22.